The number of aliphatic hydroxyl groups excluding tert-OH is 1. The van der Waals surface area contributed by atoms with E-state index in [0.717, 1.165) is 24.5 Å². The first kappa shape index (κ1) is 21.0. The van der Waals surface area contributed by atoms with E-state index in [9.17, 15) is 14.3 Å². The lowest BCUT2D eigenvalue weighted by Gasteiger charge is -2.10. The molecule has 0 saturated carbocycles. The molecule has 1 aromatic carbocycles. The summed E-state index contributed by atoms with van der Waals surface area (Å²) in [6, 6.07) is 11.8. The fourth-order valence-electron chi connectivity index (χ4n) is 2.74. The summed E-state index contributed by atoms with van der Waals surface area (Å²) in [4.78, 5) is 19.9. The van der Waals surface area contributed by atoms with Crippen LogP contribution in [0.25, 0.3) is 0 Å². The quantitative estimate of drug-likeness (QED) is 0.441. The van der Waals surface area contributed by atoms with Crippen molar-refractivity contribution in [2.24, 2.45) is 0 Å². The van der Waals surface area contributed by atoms with Crippen LogP contribution >= 0.6 is 0 Å². The van der Waals surface area contributed by atoms with Crippen molar-refractivity contribution in [3.8, 4) is 11.8 Å². The Morgan fingerprint density at radius 3 is 2.63 bits per heavy atom. The second-order valence-corrected chi connectivity index (χ2v) is 6.53. The SMILES string of the molecule is CCCc1ccc(C#Cc2cc(NC(=O)Nc3cc(F)ncc3CO)ccn2)cc1. The number of rotatable bonds is 5. The topological polar surface area (TPSA) is 87.1 Å². The van der Waals surface area contributed by atoms with Crippen molar-refractivity contribution in [2.45, 2.75) is 26.4 Å². The number of nitrogens with zero attached hydrogens (tertiary/aromatic N) is 2. The van der Waals surface area contributed by atoms with Gasteiger partial charge in [-0.1, -0.05) is 31.4 Å². The van der Waals surface area contributed by atoms with Crippen LogP contribution in [0.5, 0.6) is 0 Å². The molecule has 0 fully saturated rings. The van der Waals surface area contributed by atoms with Crippen molar-refractivity contribution < 1.29 is 14.3 Å². The summed E-state index contributed by atoms with van der Waals surface area (Å²) in [6.07, 6.45) is 4.84. The van der Waals surface area contributed by atoms with Crippen molar-refractivity contribution in [3.05, 3.63) is 83.2 Å². The number of hydrogen-bond acceptors (Lipinski definition) is 4. The largest absolute Gasteiger partial charge is 0.392 e. The van der Waals surface area contributed by atoms with Gasteiger partial charge in [-0.2, -0.15) is 4.39 Å². The maximum atomic E-state index is 13.3. The number of carbonyl (C=O) groups excluding carboxylic acids is 1. The molecule has 2 aromatic heterocycles. The molecular weight excluding hydrogens is 383 g/mol. The zero-order valence-corrected chi connectivity index (χ0v) is 16.4. The van der Waals surface area contributed by atoms with Crippen molar-refractivity contribution in [2.75, 3.05) is 10.6 Å². The zero-order valence-electron chi connectivity index (χ0n) is 16.4. The van der Waals surface area contributed by atoms with Crippen LogP contribution in [-0.2, 0) is 13.0 Å². The summed E-state index contributed by atoms with van der Waals surface area (Å²) in [5.41, 5.74) is 3.57. The molecule has 0 aliphatic rings. The molecule has 3 rings (SSSR count). The third-order valence-corrected chi connectivity index (χ3v) is 4.22. The molecule has 0 saturated heterocycles. The molecule has 3 aromatic rings. The Morgan fingerprint density at radius 1 is 1.10 bits per heavy atom. The van der Waals surface area contributed by atoms with Gasteiger partial charge >= 0.3 is 6.03 Å². The second-order valence-electron chi connectivity index (χ2n) is 6.53. The Bertz CT molecular complexity index is 1090. The highest BCUT2D eigenvalue weighted by atomic mass is 19.1. The first-order valence-electron chi connectivity index (χ1n) is 9.47. The lowest BCUT2D eigenvalue weighted by Crippen LogP contribution is -2.20. The number of nitrogens with one attached hydrogen (secondary N) is 2. The Labute approximate surface area is 174 Å². The Balaban J connectivity index is 1.67. The molecule has 7 heteroatoms. The standard InChI is InChI=1S/C23H21FN4O2/c1-2-3-16-4-6-17(7-5-16)8-9-19-12-20(10-11-25-19)27-23(30)28-21-13-22(24)26-14-18(21)15-29/h4-7,10-14,29H,2-3,15H2,1H3,(H2,25,26,27,28,30). The van der Waals surface area contributed by atoms with Crippen molar-refractivity contribution in [3.63, 3.8) is 0 Å². The fraction of sp³-hybridized carbons (Fsp3) is 0.174. The number of amides is 2. The van der Waals surface area contributed by atoms with Gasteiger partial charge in [-0.3, -0.25) is 0 Å². The van der Waals surface area contributed by atoms with Gasteiger partial charge in [0.15, 0.2) is 0 Å². The minimum atomic E-state index is -0.758. The third-order valence-electron chi connectivity index (χ3n) is 4.22. The van der Waals surface area contributed by atoms with E-state index in [1.807, 2.05) is 12.1 Å². The number of pyridine rings is 2. The van der Waals surface area contributed by atoms with E-state index in [4.69, 9.17) is 0 Å². The molecule has 152 valence electrons. The predicted octanol–water partition coefficient (Wildman–Crippen LogP) is 4.10. The van der Waals surface area contributed by atoms with Crippen LogP contribution in [0.2, 0.25) is 0 Å². The van der Waals surface area contributed by atoms with Gasteiger partial charge in [-0.05, 0) is 42.2 Å². The molecule has 2 heterocycles. The third kappa shape index (κ3) is 5.87. The monoisotopic (exact) mass is 404 g/mol. The minimum absolute atomic E-state index is 0.142. The molecule has 6 nitrogen and oxygen atoms in total. The van der Waals surface area contributed by atoms with Crippen LogP contribution in [0, 0.1) is 17.8 Å². The van der Waals surface area contributed by atoms with E-state index in [2.05, 4.69) is 51.5 Å². The fourth-order valence-corrected chi connectivity index (χ4v) is 2.74. The highest BCUT2D eigenvalue weighted by Gasteiger charge is 2.09. The highest BCUT2D eigenvalue weighted by molar-refractivity contribution is 6.00. The number of aliphatic hydroxyl groups is 1. The van der Waals surface area contributed by atoms with E-state index in [-0.39, 0.29) is 12.3 Å². The number of carbonyl (C=O) groups is 1. The summed E-state index contributed by atoms with van der Waals surface area (Å²) in [5.74, 6) is 5.27. The van der Waals surface area contributed by atoms with Gasteiger partial charge in [0.1, 0.15) is 5.69 Å². The first-order valence-corrected chi connectivity index (χ1v) is 9.47. The molecule has 0 bridgehead atoms. The van der Waals surface area contributed by atoms with Gasteiger partial charge in [-0.25, -0.2) is 14.8 Å². The molecule has 0 radical (unpaired) electrons. The highest BCUT2D eigenvalue weighted by Crippen LogP contribution is 2.16. The molecule has 0 spiro atoms. The molecule has 0 aliphatic carbocycles. The van der Waals surface area contributed by atoms with Crippen molar-refractivity contribution in [1.29, 1.82) is 0 Å². The van der Waals surface area contributed by atoms with Crippen LogP contribution < -0.4 is 10.6 Å². The number of benzene rings is 1. The predicted molar refractivity (Wildman–Crippen MR) is 113 cm³/mol. The smallest absolute Gasteiger partial charge is 0.323 e. The van der Waals surface area contributed by atoms with E-state index in [1.54, 1.807) is 12.1 Å². The number of aromatic nitrogens is 2. The lowest BCUT2D eigenvalue weighted by atomic mass is 10.1. The van der Waals surface area contributed by atoms with Crippen LogP contribution in [-0.4, -0.2) is 21.1 Å². The van der Waals surface area contributed by atoms with E-state index in [0.29, 0.717) is 16.9 Å². The molecular formula is C23H21FN4O2. The molecule has 3 N–H and O–H groups in total. The number of urea groups is 1. The van der Waals surface area contributed by atoms with E-state index < -0.39 is 12.0 Å². The van der Waals surface area contributed by atoms with Gasteiger partial charge in [0.05, 0.1) is 12.3 Å². The van der Waals surface area contributed by atoms with Crippen LogP contribution in [0.3, 0.4) is 0 Å². The van der Waals surface area contributed by atoms with Crippen LogP contribution in [0.15, 0.2) is 54.9 Å². The van der Waals surface area contributed by atoms with E-state index in [1.165, 1.54) is 18.0 Å². The van der Waals surface area contributed by atoms with Gasteiger partial charge in [0, 0.05) is 35.3 Å². The zero-order chi connectivity index (χ0) is 21.3. The van der Waals surface area contributed by atoms with E-state index >= 15 is 0 Å². The van der Waals surface area contributed by atoms with Gasteiger partial charge in [-0.15, -0.1) is 0 Å². The van der Waals surface area contributed by atoms with Gasteiger partial charge in [0.2, 0.25) is 5.95 Å². The summed E-state index contributed by atoms with van der Waals surface area (Å²) in [6.45, 7) is 1.76. The summed E-state index contributed by atoms with van der Waals surface area (Å²) >= 11 is 0. The van der Waals surface area contributed by atoms with Crippen LogP contribution in [0.1, 0.15) is 35.7 Å². The molecule has 0 unspecified atom stereocenters. The normalized spacial score (nSPS) is 10.1. The summed E-state index contributed by atoms with van der Waals surface area (Å²) < 4.78 is 13.3. The van der Waals surface area contributed by atoms with Crippen molar-refractivity contribution >= 4 is 17.4 Å². The maximum Gasteiger partial charge on any atom is 0.323 e. The molecule has 0 aliphatic heterocycles. The van der Waals surface area contributed by atoms with Crippen LogP contribution in [0.4, 0.5) is 20.6 Å². The molecule has 2 amide bonds. The summed E-state index contributed by atoms with van der Waals surface area (Å²) in [5, 5.41) is 14.4. The number of hydrogen-bond donors (Lipinski definition) is 3. The number of halogens is 1. The lowest BCUT2D eigenvalue weighted by molar-refractivity contribution is 0.262. The Kier molecular flexibility index (Phi) is 7.09. The van der Waals surface area contributed by atoms with Gasteiger partial charge < -0.3 is 15.7 Å². The molecule has 30 heavy (non-hydrogen) atoms. The van der Waals surface area contributed by atoms with Crippen molar-refractivity contribution in [1.82, 2.24) is 9.97 Å². The average molecular weight is 404 g/mol. The Hall–Kier alpha value is -3.76. The maximum absolute atomic E-state index is 13.3. The summed E-state index contributed by atoms with van der Waals surface area (Å²) in [7, 11) is 0. The average Bonchev–Trinajstić information content (AvgIpc) is 2.74. The minimum Gasteiger partial charge on any atom is -0.392 e. The molecule has 0 atom stereocenters. The van der Waals surface area contributed by atoms with Gasteiger partial charge in [0.25, 0.3) is 0 Å². The number of anilines is 2. The Morgan fingerprint density at radius 2 is 1.90 bits per heavy atom. The first-order chi connectivity index (χ1) is 14.6. The number of aryl methyl sites for hydroxylation is 1. The second kappa shape index (κ2) is 10.1.